The van der Waals surface area contributed by atoms with Crippen molar-refractivity contribution in [2.24, 2.45) is 0 Å². The van der Waals surface area contributed by atoms with Crippen LogP contribution in [0.2, 0.25) is 0 Å². The lowest BCUT2D eigenvalue weighted by Gasteiger charge is -2.24. The monoisotopic (exact) mass is 279 g/mol. The van der Waals surface area contributed by atoms with E-state index in [0.29, 0.717) is 6.54 Å². The van der Waals surface area contributed by atoms with Gasteiger partial charge in [0.2, 0.25) is 6.41 Å². The van der Waals surface area contributed by atoms with Crippen LogP contribution in [0.3, 0.4) is 0 Å². The van der Waals surface area contributed by atoms with Crippen LogP contribution in [0.25, 0.3) is 6.08 Å². The molecule has 0 N–H and O–H groups in total. The van der Waals surface area contributed by atoms with E-state index in [1.165, 1.54) is 5.56 Å². The Morgan fingerprint density at radius 1 is 1.00 bits per heavy atom. The Morgan fingerprint density at radius 2 is 1.62 bits per heavy atom. The van der Waals surface area contributed by atoms with Gasteiger partial charge in [0.05, 0.1) is 0 Å². The first-order valence-electron chi connectivity index (χ1n) is 7.26. The van der Waals surface area contributed by atoms with Crippen molar-refractivity contribution in [3.05, 3.63) is 77.9 Å². The van der Waals surface area contributed by atoms with Crippen molar-refractivity contribution in [1.29, 1.82) is 0 Å². The average Bonchev–Trinajstić information content (AvgIpc) is 2.54. The molecule has 2 rings (SSSR count). The molecule has 0 aromatic heterocycles. The second kappa shape index (κ2) is 8.05. The number of benzene rings is 2. The molecule has 0 aliphatic rings. The van der Waals surface area contributed by atoms with Crippen molar-refractivity contribution in [1.82, 2.24) is 4.90 Å². The molecule has 2 heteroatoms. The zero-order valence-corrected chi connectivity index (χ0v) is 12.4. The molecule has 0 saturated carbocycles. The van der Waals surface area contributed by atoms with Gasteiger partial charge >= 0.3 is 0 Å². The van der Waals surface area contributed by atoms with Crippen molar-refractivity contribution in [2.45, 2.75) is 25.9 Å². The summed E-state index contributed by atoms with van der Waals surface area (Å²) in [4.78, 5) is 13.1. The number of nitrogens with zero attached hydrogens (tertiary/aromatic N) is 1. The number of hydrogen-bond acceptors (Lipinski definition) is 1. The third kappa shape index (κ3) is 4.92. The van der Waals surface area contributed by atoms with Crippen molar-refractivity contribution >= 4 is 12.5 Å². The first-order valence-corrected chi connectivity index (χ1v) is 7.26. The highest BCUT2D eigenvalue weighted by molar-refractivity contribution is 5.50. The lowest BCUT2D eigenvalue weighted by atomic mass is 10.1. The lowest BCUT2D eigenvalue weighted by molar-refractivity contribution is -0.120. The molecule has 0 aliphatic heterocycles. The van der Waals surface area contributed by atoms with E-state index in [1.54, 1.807) is 0 Å². The largest absolute Gasteiger partial charge is 0.338 e. The molecule has 0 radical (unpaired) electrons. The van der Waals surface area contributed by atoms with Crippen LogP contribution >= 0.6 is 0 Å². The normalized spacial score (nSPS) is 12.2. The quantitative estimate of drug-likeness (QED) is 0.698. The number of carbonyl (C=O) groups excluding carboxylic acids is 1. The minimum absolute atomic E-state index is 0.183. The standard InChI is InChI=1S/C19H21NO/c1-17(9-8-14-18-10-4-2-5-11-18)20(16-21)15-19-12-6-3-7-13-19/h2-8,10-14,16-17H,9,15H2,1H3. The maximum atomic E-state index is 11.3. The summed E-state index contributed by atoms with van der Waals surface area (Å²) < 4.78 is 0. The van der Waals surface area contributed by atoms with Crippen molar-refractivity contribution in [3.63, 3.8) is 0 Å². The second-order valence-electron chi connectivity index (χ2n) is 5.16. The van der Waals surface area contributed by atoms with Gasteiger partial charge in [-0.05, 0) is 24.5 Å². The van der Waals surface area contributed by atoms with E-state index in [2.05, 4.69) is 31.2 Å². The minimum Gasteiger partial charge on any atom is -0.338 e. The van der Waals surface area contributed by atoms with Gasteiger partial charge in [-0.3, -0.25) is 4.79 Å². The fraction of sp³-hybridized carbons (Fsp3) is 0.211. The highest BCUT2D eigenvalue weighted by Gasteiger charge is 2.10. The third-order valence-corrected chi connectivity index (χ3v) is 3.50. The van der Waals surface area contributed by atoms with Gasteiger partial charge in [0.25, 0.3) is 0 Å². The molecule has 2 aromatic carbocycles. The smallest absolute Gasteiger partial charge is 0.210 e. The molecule has 0 bridgehead atoms. The molecule has 0 saturated heterocycles. The summed E-state index contributed by atoms with van der Waals surface area (Å²) in [5.41, 5.74) is 2.34. The molecule has 21 heavy (non-hydrogen) atoms. The molecule has 0 heterocycles. The highest BCUT2D eigenvalue weighted by Crippen LogP contribution is 2.10. The van der Waals surface area contributed by atoms with Crippen LogP contribution in [0.4, 0.5) is 0 Å². The first kappa shape index (κ1) is 15.0. The molecule has 0 spiro atoms. The maximum Gasteiger partial charge on any atom is 0.210 e. The van der Waals surface area contributed by atoms with E-state index in [9.17, 15) is 4.79 Å². The van der Waals surface area contributed by atoms with Crippen LogP contribution in [-0.4, -0.2) is 17.4 Å². The van der Waals surface area contributed by atoms with Gasteiger partial charge in [-0.2, -0.15) is 0 Å². The third-order valence-electron chi connectivity index (χ3n) is 3.50. The van der Waals surface area contributed by atoms with Crippen molar-refractivity contribution < 1.29 is 4.79 Å². The van der Waals surface area contributed by atoms with Gasteiger partial charge in [0.1, 0.15) is 0 Å². The summed E-state index contributed by atoms with van der Waals surface area (Å²) in [5, 5.41) is 0. The Labute approximate surface area is 126 Å². The van der Waals surface area contributed by atoms with Crippen LogP contribution in [0.1, 0.15) is 24.5 Å². The lowest BCUT2D eigenvalue weighted by Crippen LogP contribution is -2.30. The fourth-order valence-electron chi connectivity index (χ4n) is 2.19. The molecule has 1 amide bonds. The number of hydrogen-bond donors (Lipinski definition) is 0. The van der Waals surface area contributed by atoms with E-state index in [-0.39, 0.29) is 6.04 Å². The van der Waals surface area contributed by atoms with Gasteiger partial charge < -0.3 is 4.90 Å². The number of carbonyl (C=O) groups is 1. The van der Waals surface area contributed by atoms with Crippen LogP contribution in [-0.2, 0) is 11.3 Å². The molecule has 1 atom stereocenters. The Bertz CT molecular complexity index is 563. The molecule has 2 nitrogen and oxygen atoms in total. The SMILES string of the molecule is CC(CC=Cc1ccccc1)N(C=O)Cc1ccccc1. The summed E-state index contributed by atoms with van der Waals surface area (Å²) in [6, 6.07) is 20.5. The topological polar surface area (TPSA) is 20.3 Å². The average molecular weight is 279 g/mol. The molecule has 108 valence electrons. The summed E-state index contributed by atoms with van der Waals surface area (Å²) in [6.45, 7) is 2.73. The van der Waals surface area contributed by atoms with Gasteiger partial charge in [-0.25, -0.2) is 0 Å². The van der Waals surface area contributed by atoms with Crippen LogP contribution < -0.4 is 0 Å². The summed E-state index contributed by atoms with van der Waals surface area (Å²) >= 11 is 0. The van der Waals surface area contributed by atoms with Crippen LogP contribution in [0.15, 0.2) is 66.7 Å². The summed E-state index contributed by atoms with van der Waals surface area (Å²) in [6.07, 6.45) is 6.01. The predicted octanol–water partition coefficient (Wildman–Crippen LogP) is 4.14. The molecule has 0 fully saturated rings. The van der Waals surface area contributed by atoms with Gasteiger partial charge in [0, 0.05) is 12.6 Å². The van der Waals surface area contributed by atoms with Gasteiger partial charge in [-0.1, -0.05) is 72.8 Å². The minimum atomic E-state index is 0.183. The molecular weight excluding hydrogens is 258 g/mol. The summed E-state index contributed by atoms with van der Waals surface area (Å²) in [5.74, 6) is 0. The van der Waals surface area contributed by atoms with E-state index < -0.39 is 0 Å². The molecule has 0 aliphatic carbocycles. The maximum absolute atomic E-state index is 11.3. The number of rotatable bonds is 7. The van der Waals surface area contributed by atoms with Crippen molar-refractivity contribution in [3.8, 4) is 0 Å². The Balaban J connectivity index is 1.90. The second-order valence-corrected chi connectivity index (χ2v) is 5.16. The summed E-state index contributed by atoms with van der Waals surface area (Å²) in [7, 11) is 0. The van der Waals surface area contributed by atoms with E-state index in [1.807, 2.05) is 53.4 Å². The zero-order chi connectivity index (χ0) is 14.9. The zero-order valence-electron chi connectivity index (χ0n) is 12.4. The fourth-order valence-corrected chi connectivity index (χ4v) is 2.19. The van der Waals surface area contributed by atoms with Gasteiger partial charge in [-0.15, -0.1) is 0 Å². The molecule has 2 aromatic rings. The predicted molar refractivity (Wildman–Crippen MR) is 87.6 cm³/mol. The molecule has 1 unspecified atom stereocenters. The van der Waals surface area contributed by atoms with E-state index >= 15 is 0 Å². The van der Waals surface area contributed by atoms with Crippen LogP contribution in [0.5, 0.6) is 0 Å². The van der Waals surface area contributed by atoms with Gasteiger partial charge in [0.15, 0.2) is 0 Å². The Morgan fingerprint density at radius 3 is 2.24 bits per heavy atom. The first-order chi connectivity index (χ1) is 10.3. The molecular formula is C19H21NO. The van der Waals surface area contributed by atoms with Crippen molar-refractivity contribution in [2.75, 3.05) is 0 Å². The van der Waals surface area contributed by atoms with E-state index in [0.717, 1.165) is 18.4 Å². The van der Waals surface area contributed by atoms with E-state index in [4.69, 9.17) is 0 Å². The highest BCUT2D eigenvalue weighted by atomic mass is 16.1. The Hall–Kier alpha value is -2.35. The Kier molecular flexibility index (Phi) is 5.77. The number of amides is 1. The van der Waals surface area contributed by atoms with Crippen LogP contribution in [0, 0.1) is 0 Å².